The molecule has 1 aromatic carbocycles. The molecule has 1 heterocycles. The lowest BCUT2D eigenvalue weighted by atomic mass is 9.83. The van der Waals surface area contributed by atoms with Crippen LogP contribution in [0.3, 0.4) is 0 Å². The average Bonchev–Trinajstić information content (AvgIpc) is 2.40. The van der Waals surface area contributed by atoms with Gasteiger partial charge in [0, 0.05) is 35.4 Å². The van der Waals surface area contributed by atoms with Crippen molar-refractivity contribution in [3.8, 4) is 0 Å². The van der Waals surface area contributed by atoms with E-state index in [1.165, 1.54) is 25.3 Å². The Morgan fingerprint density at radius 2 is 2.19 bits per heavy atom. The summed E-state index contributed by atoms with van der Waals surface area (Å²) >= 11 is 0. The molecule has 0 amide bonds. The van der Waals surface area contributed by atoms with Crippen molar-refractivity contribution in [3.63, 3.8) is 0 Å². The number of nitro benzene ring substituents is 1. The number of nitrogens with one attached hydrogen (secondary N) is 1. The van der Waals surface area contributed by atoms with Gasteiger partial charge in [-0.25, -0.2) is 0 Å². The third-order valence-corrected chi connectivity index (χ3v) is 4.22. The molecule has 1 aliphatic rings. The van der Waals surface area contributed by atoms with Crippen molar-refractivity contribution < 1.29 is 4.92 Å². The van der Waals surface area contributed by atoms with Crippen LogP contribution in [0, 0.1) is 23.0 Å². The molecule has 2 aromatic rings. The highest BCUT2D eigenvalue weighted by Gasteiger charge is 2.17. The third-order valence-electron chi connectivity index (χ3n) is 4.22. The molecule has 5 heteroatoms. The highest BCUT2D eigenvalue weighted by atomic mass is 16.6. The summed E-state index contributed by atoms with van der Waals surface area (Å²) in [5.74, 6) is 0.848. The minimum atomic E-state index is -0.364. The number of hydrogen-bond donors (Lipinski definition) is 1. The molecule has 1 N–H and O–H groups in total. The van der Waals surface area contributed by atoms with Crippen molar-refractivity contribution in [2.45, 2.75) is 32.6 Å². The van der Waals surface area contributed by atoms with Crippen LogP contribution in [0.25, 0.3) is 10.9 Å². The van der Waals surface area contributed by atoms with Gasteiger partial charge < -0.3 is 5.32 Å². The molecule has 3 rings (SSSR count). The molecular weight excluding hydrogens is 266 g/mol. The maximum atomic E-state index is 10.9. The number of anilines is 1. The Balaban J connectivity index is 1.86. The van der Waals surface area contributed by atoms with Crippen molar-refractivity contribution in [2.75, 3.05) is 11.9 Å². The van der Waals surface area contributed by atoms with Crippen molar-refractivity contribution in [1.29, 1.82) is 0 Å². The van der Waals surface area contributed by atoms with Gasteiger partial charge in [-0.3, -0.25) is 15.1 Å². The lowest BCUT2D eigenvalue weighted by Crippen LogP contribution is -2.15. The Labute approximate surface area is 123 Å². The summed E-state index contributed by atoms with van der Waals surface area (Å²) < 4.78 is 0. The summed E-state index contributed by atoms with van der Waals surface area (Å²) in [4.78, 5) is 15.0. The largest absolute Gasteiger partial charge is 0.384 e. The molecule has 0 spiro atoms. The first-order valence-electron chi connectivity index (χ1n) is 7.43. The Kier molecular flexibility index (Phi) is 3.73. The van der Waals surface area contributed by atoms with E-state index in [2.05, 4.69) is 10.3 Å². The van der Waals surface area contributed by atoms with Gasteiger partial charge in [0.05, 0.1) is 10.4 Å². The first-order valence-corrected chi connectivity index (χ1v) is 7.43. The van der Waals surface area contributed by atoms with Gasteiger partial charge in [-0.05, 0) is 31.4 Å². The number of fused-ring (bicyclic) bond motifs is 1. The molecule has 0 aliphatic heterocycles. The summed E-state index contributed by atoms with van der Waals surface area (Å²) in [6, 6.07) is 6.80. The number of nitro groups is 1. The molecule has 5 nitrogen and oxygen atoms in total. The number of aryl methyl sites for hydroxylation is 1. The van der Waals surface area contributed by atoms with Crippen LogP contribution in [0.4, 0.5) is 11.4 Å². The maximum absolute atomic E-state index is 10.9. The zero-order valence-corrected chi connectivity index (χ0v) is 12.1. The van der Waals surface area contributed by atoms with E-state index in [0.29, 0.717) is 0 Å². The predicted octanol–water partition coefficient (Wildman–Crippen LogP) is 4.05. The monoisotopic (exact) mass is 285 g/mol. The minimum absolute atomic E-state index is 0.107. The van der Waals surface area contributed by atoms with E-state index in [4.69, 9.17) is 0 Å². The summed E-state index contributed by atoms with van der Waals surface area (Å²) in [6.07, 6.45) is 5.19. The quantitative estimate of drug-likeness (QED) is 0.664. The predicted molar refractivity (Wildman–Crippen MR) is 83.6 cm³/mol. The van der Waals surface area contributed by atoms with Crippen LogP contribution in [-0.2, 0) is 0 Å². The molecule has 1 saturated carbocycles. The first kappa shape index (κ1) is 13.8. The van der Waals surface area contributed by atoms with Gasteiger partial charge in [0.25, 0.3) is 5.69 Å². The summed E-state index contributed by atoms with van der Waals surface area (Å²) in [6.45, 7) is 2.85. The second-order valence-electron chi connectivity index (χ2n) is 5.78. The van der Waals surface area contributed by atoms with Gasteiger partial charge >= 0.3 is 0 Å². The number of pyridine rings is 1. The number of benzene rings is 1. The van der Waals surface area contributed by atoms with Crippen LogP contribution in [0.2, 0.25) is 0 Å². The number of hydrogen-bond acceptors (Lipinski definition) is 4. The average molecular weight is 285 g/mol. The highest BCUT2D eigenvalue weighted by molar-refractivity contribution is 5.93. The molecule has 1 fully saturated rings. The lowest BCUT2D eigenvalue weighted by molar-refractivity contribution is -0.384. The Bertz CT molecular complexity index is 681. The van der Waals surface area contributed by atoms with Crippen LogP contribution >= 0.6 is 0 Å². The molecule has 0 atom stereocenters. The fraction of sp³-hybridized carbons (Fsp3) is 0.438. The minimum Gasteiger partial charge on any atom is -0.384 e. The third kappa shape index (κ3) is 2.96. The summed E-state index contributed by atoms with van der Waals surface area (Å²) in [5, 5.41) is 15.2. The molecule has 0 bridgehead atoms. The molecule has 21 heavy (non-hydrogen) atoms. The molecule has 0 radical (unpaired) electrons. The number of aromatic nitrogens is 1. The summed E-state index contributed by atoms with van der Waals surface area (Å²) in [5.41, 5.74) is 2.77. The van der Waals surface area contributed by atoms with Crippen LogP contribution < -0.4 is 5.32 Å². The van der Waals surface area contributed by atoms with Gasteiger partial charge in [-0.2, -0.15) is 0 Å². The van der Waals surface area contributed by atoms with E-state index < -0.39 is 0 Å². The summed E-state index contributed by atoms with van der Waals surface area (Å²) in [7, 11) is 0. The molecular formula is C16H19N3O2. The van der Waals surface area contributed by atoms with Crippen LogP contribution in [0.1, 0.15) is 31.4 Å². The van der Waals surface area contributed by atoms with E-state index >= 15 is 0 Å². The molecule has 110 valence electrons. The smallest absolute Gasteiger partial charge is 0.270 e. The second-order valence-corrected chi connectivity index (χ2v) is 5.78. The van der Waals surface area contributed by atoms with Crippen molar-refractivity contribution in [3.05, 3.63) is 40.1 Å². The van der Waals surface area contributed by atoms with Crippen molar-refractivity contribution in [2.24, 2.45) is 5.92 Å². The SMILES string of the molecule is Cc1cc(NCCC2CCC2)c2cc([N+](=O)[O-])ccc2n1. The first-order chi connectivity index (χ1) is 10.1. The van der Waals surface area contributed by atoms with Crippen LogP contribution in [0.5, 0.6) is 0 Å². The topological polar surface area (TPSA) is 68.1 Å². The fourth-order valence-electron chi connectivity index (χ4n) is 2.80. The van der Waals surface area contributed by atoms with Gasteiger partial charge in [0.15, 0.2) is 0 Å². The lowest BCUT2D eigenvalue weighted by Gasteiger charge is -2.25. The Morgan fingerprint density at radius 3 is 2.86 bits per heavy atom. The fourth-order valence-corrected chi connectivity index (χ4v) is 2.80. The highest BCUT2D eigenvalue weighted by Crippen LogP contribution is 2.30. The number of rotatable bonds is 5. The Hall–Kier alpha value is -2.17. The molecule has 1 aromatic heterocycles. The van der Waals surface area contributed by atoms with Gasteiger partial charge in [0.2, 0.25) is 0 Å². The molecule has 1 aliphatic carbocycles. The van der Waals surface area contributed by atoms with Crippen LogP contribution in [-0.4, -0.2) is 16.5 Å². The van der Waals surface area contributed by atoms with Gasteiger partial charge in [-0.1, -0.05) is 19.3 Å². The second kappa shape index (κ2) is 5.68. The van der Waals surface area contributed by atoms with Crippen LogP contribution in [0.15, 0.2) is 24.3 Å². The Morgan fingerprint density at radius 1 is 1.38 bits per heavy atom. The zero-order chi connectivity index (χ0) is 14.8. The van der Waals surface area contributed by atoms with E-state index in [1.54, 1.807) is 12.1 Å². The zero-order valence-electron chi connectivity index (χ0n) is 12.1. The van der Waals surface area contributed by atoms with E-state index in [1.807, 2.05) is 13.0 Å². The molecule has 0 saturated heterocycles. The van der Waals surface area contributed by atoms with E-state index in [9.17, 15) is 10.1 Å². The van der Waals surface area contributed by atoms with Gasteiger partial charge in [0.1, 0.15) is 0 Å². The number of non-ortho nitro benzene ring substituents is 1. The van der Waals surface area contributed by atoms with E-state index in [-0.39, 0.29) is 10.6 Å². The van der Waals surface area contributed by atoms with Crippen molar-refractivity contribution in [1.82, 2.24) is 4.98 Å². The van der Waals surface area contributed by atoms with E-state index in [0.717, 1.165) is 41.2 Å². The normalized spacial score (nSPS) is 14.9. The molecule has 0 unspecified atom stereocenters. The van der Waals surface area contributed by atoms with Gasteiger partial charge in [-0.15, -0.1) is 0 Å². The number of nitrogens with zero attached hydrogens (tertiary/aromatic N) is 2. The maximum Gasteiger partial charge on any atom is 0.270 e. The standard InChI is InChI=1S/C16H19N3O2/c1-11-9-16(17-8-7-12-3-2-4-12)14-10-13(19(20)21)5-6-15(14)18-11/h5-6,9-10,12H,2-4,7-8H2,1H3,(H,17,18). The van der Waals surface area contributed by atoms with Crippen molar-refractivity contribution >= 4 is 22.3 Å².